The third kappa shape index (κ3) is 2.43. The summed E-state index contributed by atoms with van der Waals surface area (Å²) in [6.07, 6.45) is 6.69. The van der Waals surface area contributed by atoms with Crippen LogP contribution >= 0.6 is 11.8 Å². The van der Waals surface area contributed by atoms with Crippen molar-refractivity contribution in [2.45, 2.75) is 61.2 Å². The molecule has 2 saturated carbocycles. The Morgan fingerprint density at radius 2 is 2.05 bits per heavy atom. The van der Waals surface area contributed by atoms with Gasteiger partial charge in [-0.3, -0.25) is 0 Å². The molecule has 0 bridgehead atoms. The van der Waals surface area contributed by atoms with Gasteiger partial charge in [0.2, 0.25) is 0 Å². The van der Waals surface area contributed by atoms with Gasteiger partial charge in [-0.05, 0) is 43.9 Å². The highest BCUT2D eigenvalue weighted by Gasteiger charge is 2.36. The molecule has 4 rings (SSSR count). The van der Waals surface area contributed by atoms with E-state index in [1.807, 2.05) is 6.92 Å². The minimum absolute atomic E-state index is 0.330. The van der Waals surface area contributed by atoms with E-state index < -0.39 is 0 Å². The van der Waals surface area contributed by atoms with E-state index in [0.29, 0.717) is 29.1 Å². The highest BCUT2D eigenvalue weighted by Crippen LogP contribution is 2.46. The lowest BCUT2D eigenvalue weighted by atomic mass is 10.3. The number of halogens is 1. The first-order valence-corrected chi connectivity index (χ1v) is 8.21. The van der Waals surface area contributed by atoms with E-state index >= 15 is 0 Å². The second kappa shape index (κ2) is 5.05. The van der Waals surface area contributed by atoms with Gasteiger partial charge in [-0.1, -0.05) is 6.92 Å². The van der Waals surface area contributed by atoms with Crippen molar-refractivity contribution < 1.29 is 4.39 Å². The summed E-state index contributed by atoms with van der Waals surface area (Å²) in [4.78, 5) is 8.04. The van der Waals surface area contributed by atoms with Gasteiger partial charge in [-0.2, -0.15) is 0 Å². The number of hydrogen-bond donors (Lipinski definition) is 0. The van der Waals surface area contributed by atoms with E-state index in [4.69, 9.17) is 0 Å². The number of aromatic nitrogens is 5. The molecule has 2 aromatic heterocycles. The van der Waals surface area contributed by atoms with Crippen LogP contribution in [0.4, 0.5) is 4.39 Å². The summed E-state index contributed by atoms with van der Waals surface area (Å²) < 4.78 is 16.5. The lowest BCUT2D eigenvalue weighted by molar-refractivity contribution is 0.557. The molecule has 0 N–H and O–H groups in total. The Hall–Kier alpha value is -1.50. The fourth-order valence-corrected chi connectivity index (χ4v) is 3.35. The summed E-state index contributed by atoms with van der Waals surface area (Å²) in [6.45, 7) is 1.89. The predicted molar refractivity (Wildman–Crippen MR) is 75.8 cm³/mol. The van der Waals surface area contributed by atoms with Crippen LogP contribution in [0, 0.1) is 5.82 Å². The van der Waals surface area contributed by atoms with Gasteiger partial charge in [-0.25, -0.2) is 14.4 Å². The molecule has 5 nitrogen and oxygen atoms in total. The largest absolute Gasteiger partial charge is 0.302 e. The second-order valence-electron chi connectivity index (χ2n) is 5.61. The summed E-state index contributed by atoms with van der Waals surface area (Å²) in [6, 6.07) is 0.494. The SMILES string of the molecule is CCc1ncnc(Sc2nnc(C3CC3)n2C2CC2)c1F. The molecule has 0 unspecified atom stereocenters. The van der Waals surface area contributed by atoms with Crippen LogP contribution in [0.1, 0.15) is 56.1 Å². The summed E-state index contributed by atoms with van der Waals surface area (Å²) >= 11 is 1.27. The third-order valence-corrected chi connectivity index (χ3v) is 4.84. The van der Waals surface area contributed by atoms with Crippen LogP contribution in [0.25, 0.3) is 0 Å². The van der Waals surface area contributed by atoms with E-state index in [-0.39, 0.29) is 5.82 Å². The van der Waals surface area contributed by atoms with Gasteiger partial charge in [0.05, 0.1) is 5.69 Å². The van der Waals surface area contributed by atoms with Crippen LogP contribution in [0.5, 0.6) is 0 Å². The Kier molecular flexibility index (Phi) is 3.17. The molecule has 2 heterocycles. The van der Waals surface area contributed by atoms with Gasteiger partial charge in [0.1, 0.15) is 17.2 Å². The number of hydrogen-bond acceptors (Lipinski definition) is 5. The lowest BCUT2D eigenvalue weighted by Gasteiger charge is -2.08. The Balaban J connectivity index is 1.68. The molecule has 0 atom stereocenters. The van der Waals surface area contributed by atoms with Crippen molar-refractivity contribution in [3.8, 4) is 0 Å². The minimum atomic E-state index is -0.330. The first kappa shape index (κ1) is 13.2. The second-order valence-corrected chi connectivity index (χ2v) is 6.57. The molecular weight excluding hydrogens is 289 g/mol. The molecule has 2 aromatic rings. The molecule has 21 heavy (non-hydrogen) atoms. The van der Waals surface area contributed by atoms with Gasteiger partial charge in [0.15, 0.2) is 11.0 Å². The van der Waals surface area contributed by atoms with Crippen molar-refractivity contribution in [3.05, 3.63) is 23.7 Å². The molecule has 0 saturated heterocycles. The Morgan fingerprint density at radius 1 is 1.24 bits per heavy atom. The molecule has 0 aromatic carbocycles. The predicted octanol–water partition coefficient (Wildman–Crippen LogP) is 3.13. The average molecular weight is 305 g/mol. The monoisotopic (exact) mass is 305 g/mol. The van der Waals surface area contributed by atoms with Crippen LogP contribution in [-0.4, -0.2) is 24.7 Å². The molecule has 0 radical (unpaired) electrons. The Morgan fingerprint density at radius 3 is 2.71 bits per heavy atom. The molecule has 0 amide bonds. The fraction of sp³-hybridized carbons (Fsp3) is 0.571. The maximum Gasteiger partial charge on any atom is 0.197 e. The van der Waals surface area contributed by atoms with Crippen LogP contribution in [0.3, 0.4) is 0 Å². The van der Waals surface area contributed by atoms with Crippen molar-refractivity contribution in [2.75, 3.05) is 0 Å². The number of nitrogens with zero attached hydrogens (tertiary/aromatic N) is 5. The summed E-state index contributed by atoms with van der Waals surface area (Å²) in [5, 5.41) is 9.72. The van der Waals surface area contributed by atoms with Gasteiger partial charge >= 0.3 is 0 Å². The Bertz CT molecular complexity index is 678. The van der Waals surface area contributed by atoms with Crippen molar-refractivity contribution in [2.24, 2.45) is 0 Å². The van der Waals surface area contributed by atoms with Crippen LogP contribution < -0.4 is 0 Å². The summed E-state index contributed by atoms with van der Waals surface area (Å²) in [7, 11) is 0. The van der Waals surface area contributed by atoms with Crippen molar-refractivity contribution >= 4 is 11.8 Å². The van der Waals surface area contributed by atoms with Gasteiger partial charge in [-0.15, -0.1) is 10.2 Å². The zero-order valence-electron chi connectivity index (χ0n) is 11.8. The van der Waals surface area contributed by atoms with E-state index in [9.17, 15) is 4.39 Å². The van der Waals surface area contributed by atoms with Crippen molar-refractivity contribution in [1.29, 1.82) is 0 Å². The zero-order chi connectivity index (χ0) is 14.4. The van der Waals surface area contributed by atoms with Crippen molar-refractivity contribution in [1.82, 2.24) is 24.7 Å². The lowest BCUT2D eigenvalue weighted by Crippen LogP contribution is -2.03. The summed E-state index contributed by atoms with van der Waals surface area (Å²) in [5.74, 6) is 1.29. The van der Waals surface area contributed by atoms with E-state index in [1.165, 1.54) is 30.9 Å². The van der Waals surface area contributed by atoms with Crippen LogP contribution in [-0.2, 0) is 6.42 Å². The first-order chi connectivity index (χ1) is 10.3. The topological polar surface area (TPSA) is 56.5 Å². The summed E-state index contributed by atoms with van der Waals surface area (Å²) in [5.41, 5.74) is 0.451. The molecule has 0 aliphatic heterocycles. The van der Waals surface area contributed by atoms with E-state index in [1.54, 1.807) is 0 Å². The van der Waals surface area contributed by atoms with Crippen LogP contribution in [0.15, 0.2) is 16.5 Å². The highest BCUT2D eigenvalue weighted by atomic mass is 32.2. The minimum Gasteiger partial charge on any atom is -0.302 e. The normalized spacial score (nSPS) is 18.2. The maximum absolute atomic E-state index is 14.3. The van der Waals surface area contributed by atoms with Gasteiger partial charge in [0.25, 0.3) is 0 Å². The third-order valence-electron chi connectivity index (χ3n) is 3.90. The zero-order valence-corrected chi connectivity index (χ0v) is 12.6. The first-order valence-electron chi connectivity index (χ1n) is 7.40. The van der Waals surface area contributed by atoms with Gasteiger partial charge < -0.3 is 4.57 Å². The quantitative estimate of drug-likeness (QED) is 0.794. The standard InChI is InChI=1S/C14H16FN5S/c1-2-10-11(15)13(17-7-16-10)21-14-19-18-12(8-3-4-8)20(14)9-5-6-9/h7-9H,2-6H2,1H3. The highest BCUT2D eigenvalue weighted by molar-refractivity contribution is 7.99. The smallest absolute Gasteiger partial charge is 0.197 e. The molecule has 0 spiro atoms. The fourth-order valence-electron chi connectivity index (χ4n) is 2.45. The Labute approximate surface area is 126 Å². The van der Waals surface area contributed by atoms with E-state index in [0.717, 1.165) is 23.8 Å². The molecule has 2 aliphatic rings. The number of aryl methyl sites for hydroxylation is 1. The molecule has 110 valence electrons. The maximum atomic E-state index is 14.3. The molecule has 7 heteroatoms. The van der Waals surface area contributed by atoms with Crippen molar-refractivity contribution in [3.63, 3.8) is 0 Å². The van der Waals surface area contributed by atoms with Gasteiger partial charge in [0, 0.05) is 12.0 Å². The average Bonchev–Trinajstić information content (AvgIpc) is 3.40. The van der Waals surface area contributed by atoms with Crippen LogP contribution in [0.2, 0.25) is 0 Å². The number of rotatable bonds is 5. The molecule has 2 aliphatic carbocycles. The molecule has 2 fully saturated rings. The molecular formula is C14H16FN5S. The van der Waals surface area contributed by atoms with E-state index in [2.05, 4.69) is 24.7 Å².